The van der Waals surface area contributed by atoms with Gasteiger partial charge in [0.2, 0.25) is 0 Å². The van der Waals surface area contributed by atoms with Crippen LogP contribution in [0.5, 0.6) is 5.75 Å². The van der Waals surface area contributed by atoms with Gasteiger partial charge in [0.05, 0.1) is 12.1 Å². The topological polar surface area (TPSA) is 53.4 Å². The second-order valence-electron chi connectivity index (χ2n) is 6.12. The fraction of sp³-hybridized carbons (Fsp3) is 0.300. The van der Waals surface area contributed by atoms with E-state index in [1.807, 2.05) is 44.2 Å². The van der Waals surface area contributed by atoms with Crippen molar-refractivity contribution in [2.75, 3.05) is 6.61 Å². The largest absolute Gasteiger partial charge is 0.487 e. The van der Waals surface area contributed by atoms with Crippen LogP contribution in [0.1, 0.15) is 23.7 Å². The summed E-state index contributed by atoms with van der Waals surface area (Å²) in [6.45, 7) is 6.78. The van der Waals surface area contributed by atoms with E-state index >= 15 is 0 Å². The lowest BCUT2D eigenvalue weighted by Crippen LogP contribution is -2.10. The quantitative estimate of drug-likeness (QED) is 0.545. The Labute approximate surface area is 169 Å². The van der Waals surface area contributed by atoms with Crippen LogP contribution in [0.25, 0.3) is 11.0 Å². The predicted octanol–water partition coefficient (Wildman–Crippen LogP) is 4.87. The van der Waals surface area contributed by atoms with Gasteiger partial charge in [-0.05, 0) is 37.1 Å². The number of hydrogen-bond donors (Lipinski definition) is 0. The molecule has 3 aromatic rings. The van der Waals surface area contributed by atoms with Crippen molar-refractivity contribution in [3.8, 4) is 5.75 Å². The smallest absolute Gasteiger partial charge is 0.302 e. The summed E-state index contributed by atoms with van der Waals surface area (Å²) >= 11 is 5.93. The molecule has 5 nitrogen and oxygen atoms in total. The van der Waals surface area contributed by atoms with Gasteiger partial charge >= 0.3 is 5.97 Å². The molecular formula is C20H22Cl2N2O3. The Hall–Kier alpha value is -2.24. The Kier molecular flexibility index (Phi) is 7.11. The number of carbonyl (C=O) groups excluding carboxylic acids is 1. The standard InChI is InChI=1S/C20H21ClN2O3.ClH/c1-13-14(2)23(10-11-25-15(3)24)20-18(8-9-22-19(13)20)26-12-16-4-6-17(21)7-5-16;/h4-9H,10-12H2,1-3H3;1H. The SMILES string of the molecule is CC(=O)OCCn1c(C)c(C)c2nccc(OCc3ccc(Cl)cc3)c21.Cl. The number of hydrogen-bond acceptors (Lipinski definition) is 4. The number of aryl methyl sites for hydroxylation is 1. The van der Waals surface area contributed by atoms with E-state index in [1.54, 1.807) is 6.20 Å². The molecule has 1 aromatic carbocycles. The fourth-order valence-electron chi connectivity index (χ4n) is 2.93. The van der Waals surface area contributed by atoms with E-state index in [-0.39, 0.29) is 18.4 Å². The normalized spacial score (nSPS) is 10.5. The van der Waals surface area contributed by atoms with E-state index in [9.17, 15) is 4.79 Å². The van der Waals surface area contributed by atoms with Crippen LogP contribution in [0, 0.1) is 13.8 Å². The number of halogens is 2. The van der Waals surface area contributed by atoms with Crippen molar-refractivity contribution in [1.82, 2.24) is 9.55 Å². The average molecular weight is 409 g/mol. The number of pyridine rings is 1. The third-order valence-electron chi connectivity index (χ3n) is 4.39. The molecule has 0 amide bonds. The van der Waals surface area contributed by atoms with Crippen LogP contribution in [-0.4, -0.2) is 22.1 Å². The van der Waals surface area contributed by atoms with Gasteiger partial charge in [0.25, 0.3) is 0 Å². The molecule has 0 fully saturated rings. The van der Waals surface area contributed by atoms with E-state index in [0.29, 0.717) is 24.8 Å². The van der Waals surface area contributed by atoms with Gasteiger partial charge in [0, 0.05) is 29.9 Å². The Morgan fingerprint density at radius 3 is 2.56 bits per heavy atom. The molecule has 0 N–H and O–H groups in total. The van der Waals surface area contributed by atoms with Crippen LogP contribution in [-0.2, 0) is 22.7 Å². The van der Waals surface area contributed by atoms with E-state index in [4.69, 9.17) is 21.1 Å². The second kappa shape index (κ2) is 9.11. The zero-order valence-electron chi connectivity index (χ0n) is 15.5. The van der Waals surface area contributed by atoms with E-state index in [1.165, 1.54) is 6.92 Å². The number of rotatable bonds is 6. The van der Waals surface area contributed by atoms with Crippen LogP contribution in [0.2, 0.25) is 5.02 Å². The molecule has 2 heterocycles. The molecule has 0 aliphatic rings. The molecule has 0 aliphatic heterocycles. The fourth-order valence-corrected chi connectivity index (χ4v) is 3.06. The van der Waals surface area contributed by atoms with Gasteiger partial charge in [-0.1, -0.05) is 23.7 Å². The molecule has 0 saturated carbocycles. The minimum atomic E-state index is -0.284. The highest BCUT2D eigenvalue weighted by atomic mass is 35.5. The molecule has 27 heavy (non-hydrogen) atoms. The van der Waals surface area contributed by atoms with Crippen molar-refractivity contribution in [2.45, 2.75) is 33.9 Å². The van der Waals surface area contributed by atoms with Gasteiger partial charge in [0.15, 0.2) is 0 Å². The van der Waals surface area contributed by atoms with Gasteiger partial charge in [-0.3, -0.25) is 9.78 Å². The van der Waals surface area contributed by atoms with Crippen molar-refractivity contribution >= 4 is 41.0 Å². The van der Waals surface area contributed by atoms with Gasteiger partial charge in [-0.2, -0.15) is 0 Å². The minimum absolute atomic E-state index is 0. The molecule has 0 radical (unpaired) electrons. The van der Waals surface area contributed by atoms with Crippen LogP contribution >= 0.6 is 24.0 Å². The Bertz CT molecular complexity index is 937. The Morgan fingerprint density at radius 1 is 1.19 bits per heavy atom. The molecule has 0 aliphatic carbocycles. The molecular weight excluding hydrogens is 387 g/mol. The zero-order chi connectivity index (χ0) is 18.7. The van der Waals surface area contributed by atoms with E-state index in [2.05, 4.69) is 9.55 Å². The molecule has 0 unspecified atom stereocenters. The number of nitrogens with zero attached hydrogens (tertiary/aromatic N) is 2. The summed E-state index contributed by atoms with van der Waals surface area (Å²) in [6.07, 6.45) is 1.75. The summed E-state index contributed by atoms with van der Waals surface area (Å²) in [4.78, 5) is 15.6. The van der Waals surface area contributed by atoms with Crippen LogP contribution in [0.15, 0.2) is 36.5 Å². The molecule has 7 heteroatoms. The van der Waals surface area contributed by atoms with Gasteiger partial charge in [-0.25, -0.2) is 0 Å². The van der Waals surface area contributed by atoms with Crippen LogP contribution in [0.4, 0.5) is 0 Å². The Balaban J connectivity index is 0.00000261. The zero-order valence-corrected chi connectivity index (χ0v) is 17.1. The van der Waals surface area contributed by atoms with E-state index in [0.717, 1.165) is 33.6 Å². The van der Waals surface area contributed by atoms with Crippen LogP contribution < -0.4 is 4.74 Å². The highest BCUT2D eigenvalue weighted by molar-refractivity contribution is 6.30. The first-order valence-corrected chi connectivity index (χ1v) is 8.80. The molecule has 0 atom stereocenters. The molecule has 3 rings (SSSR count). The lowest BCUT2D eigenvalue weighted by molar-refractivity contribution is -0.141. The minimum Gasteiger partial charge on any atom is -0.487 e. The number of aromatic nitrogens is 2. The van der Waals surface area contributed by atoms with Crippen molar-refractivity contribution in [3.63, 3.8) is 0 Å². The Morgan fingerprint density at radius 2 is 1.89 bits per heavy atom. The summed E-state index contributed by atoms with van der Waals surface area (Å²) < 4.78 is 13.3. The summed E-state index contributed by atoms with van der Waals surface area (Å²) in [6, 6.07) is 9.43. The second-order valence-corrected chi connectivity index (χ2v) is 6.56. The monoisotopic (exact) mass is 408 g/mol. The molecule has 0 spiro atoms. The molecule has 2 aromatic heterocycles. The van der Waals surface area contributed by atoms with Gasteiger partial charge in [-0.15, -0.1) is 12.4 Å². The predicted molar refractivity (Wildman–Crippen MR) is 109 cm³/mol. The molecule has 0 saturated heterocycles. The van der Waals surface area contributed by atoms with Crippen molar-refractivity contribution in [3.05, 3.63) is 58.4 Å². The van der Waals surface area contributed by atoms with Gasteiger partial charge in [0.1, 0.15) is 24.5 Å². The van der Waals surface area contributed by atoms with Crippen molar-refractivity contribution in [2.24, 2.45) is 0 Å². The number of ether oxygens (including phenoxy) is 2. The summed E-state index contributed by atoms with van der Waals surface area (Å²) in [5, 5.41) is 0.700. The molecule has 144 valence electrons. The maximum absolute atomic E-state index is 11.1. The van der Waals surface area contributed by atoms with E-state index < -0.39 is 0 Å². The summed E-state index contributed by atoms with van der Waals surface area (Å²) in [5.41, 5.74) is 5.04. The highest BCUT2D eigenvalue weighted by Crippen LogP contribution is 2.31. The number of carbonyl (C=O) groups is 1. The van der Waals surface area contributed by atoms with Crippen LogP contribution in [0.3, 0.4) is 0 Å². The number of benzene rings is 1. The van der Waals surface area contributed by atoms with Gasteiger partial charge < -0.3 is 14.0 Å². The van der Waals surface area contributed by atoms with Crippen molar-refractivity contribution < 1.29 is 14.3 Å². The number of esters is 1. The summed E-state index contributed by atoms with van der Waals surface area (Å²) in [7, 11) is 0. The maximum Gasteiger partial charge on any atom is 0.302 e. The van der Waals surface area contributed by atoms with Crippen molar-refractivity contribution in [1.29, 1.82) is 0 Å². The third kappa shape index (κ3) is 4.73. The molecule has 0 bridgehead atoms. The first kappa shape index (κ1) is 21.1. The lowest BCUT2D eigenvalue weighted by atomic mass is 10.2. The third-order valence-corrected chi connectivity index (χ3v) is 4.64. The average Bonchev–Trinajstić information content (AvgIpc) is 2.86. The first-order valence-electron chi connectivity index (χ1n) is 8.42. The highest BCUT2D eigenvalue weighted by Gasteiger charge is 2.16. The summed E-state index contributed by atoms with van der Waals surface area (Å²) in [5.74, 6) is 0.470. The number of fused-ring (bicyclic) bond motifs is 1. The first-order chi connectivity index (χ1) is 12.5. The maximum atomic E-state index is 11.1. The lowest BCUT2D eigenvalue weighted by Gasteiger charge is -2.12.